The van der Waals surface area contributed by atoms with E-state index in [-0.39, 0.29) is 5.75 Å². The van der Waals surface area contributed by atoms with Crippen LogP contribution in [-0.4, -0.2) is 28.1 Å². The number of aromatic hydroxyl groups is 1. The highest BCUT2D eigenvalue weighted by Crippen LogP contribution is 2.25. The summed E-state index contributed by atoms with van der Waals surface area (Å²) in [4.78, 5) is 3.12. The summed E-state index contributed by atoms with van der Waals surface area (Å²) in [5, 5.41) is 14.1. The summed E-state index contributed by atoms with van der Waals surface area (Å²) in [6.45, 7) is 0. The highest BCUT2D eigenvalue weighted by Gasteiger charge is 2.03. The number of nitrogens with zero attached hydrogens (tertiary/aromatic N) is 2. The molecule has 0 spiro atoms. The van der Waals surface area contributed by atoms with Crippen LogP contribution in [0.2, 0.25) is 0 Å². The summed E-state index contributed by atoms with van der Waals surface area (Å²) in [7, 11) is 1.51. The van der Waals surface area contributed by atoms with Crippen LogP contribution in [0.25, 0.3) is 11.3 Å². The molecule has 0 unspecified atom stereocenters. The Bertz CT molecular complexity index is 898. The molecular formula is C17H15N3O2S. The van der Waals surface area contributed by atoms with Crippen molar-refractivity contribution in [3.63, 3.8) is 0 Å². The van der Waals surface area contributed by atoms with Crippen molar-refractivity contribution in [3.05, 3.63) is 65.1 Å². The SMILES string of the molecule is COc1ccc(/C=N/n2cc(-c3ccccc3)[nH]c2=S)cc1O. The molecule has 0 aliphatic rings. The van der Waals surface area contributed by atoms with Crippen LogP contribution in [-0.2, 0) is 0 Å². The number of ether oxygens (including phenoxy) is 1. The van der Waals surface area contributed by atoms with Gasteiger partial charge in [0.2, 0.25) is 0 Å². The van der Waals surface area contributed by atoms with Crippen LogP contribution in [0.4, 0.5) is 0 Å². The van der Waals surface area contributed by atoms with Crippen LogP contribution in [0.1, 0.15) is 5.56 Å². The molecule has 2 N–H and O–H groups in total. The number of methoxy groups -OCH3 is 1. The first-order chi connectivity index (χ1) is 11.2. The van der Waals surface area contributed by atoms with Gasteiger partial charge in [0.25, 0.3) is 0 Å². The molecule has 0 aliphatic carbocycles. The summed E-state index contributed by atoms with van der Waals surface area (Å²) in [5.74, 6) is 0.492. The quantitative estimate of drug-likeness (QED) is 0.566. The summed E-state index contributed by atoms with van der Waals surface area (Å²) in [5.41, 5.74) is 2.67. The van der Waals surface area contributed by atoms with E-state index in [0.717, 1.165) is 16.8 Å². The van der Waals surface area contributed by atoms with Gasteiger partial charge in [-0.05, 0) is 41.5 Å². The van der Waals surface area contributed by atoms with Crippen LogP contribution < -0.4 is 4.74 Å². The number of H-pyrrole nitrogens is 1. The number of aromatic amines is 1. The Morgan fingerprint density at radius 3 is 2.70 bits per heavy atom. The fraction of sp³-hybridized carbons (Fsp3) is 0.0588. The van der Waals surface area contributed by atoms with E-state index in [1.807, 2.05) is 36.5 Å². The summed E-state index contributed by atoms with van der Waals surface area (Å²) in [6, 6.07) is 14.9. The number of nitrogens with one attached hydrogen (secondary N) is 1. The molecule has 0 saturated carbocycles. The molecule has 1 heterocycles. The van der Waals surface area contributed by atoms with Crippen LogP contribution in [0.3, 0.4) is 0 Å². The van der Waals surface area contributed by atoms with E-state index in [1.165, 1.54) is 7.11 Å². The van der Waals surface area contributed by atoms with Crippen LogP contribution in [0, 0.1) is 4.77 Å². The molecule has 6 heteroatoms. The molecule has 0 amide bonds. The molecule has 5 nitrogen and oxygen atoms in total. The number of aromatic nitrogens is 2. The van der Waals surface area contributed by atoms with E-state index in [0.29, 0.717) is 10.5 Å². The van der Waals surface area contributed by atoms with E-state index >= 15 is 0 Å². The lowest BCUT2D eigenvalue weighted by atomic mass is 10.2. The van der Waals surface area contributed by atoms with E-state index in [1.54, 1.807) is 29.1 Å². The molecule has 2 aromatic carbocycles. The van der Waals surface area contributed by atoms with Crippen molar-refractivity contribution >= 4 is 18.4 Å². The zero-order valence-corrected chi connectivity index (χ0v) is 13.2. The van der Waals surface area contributed by atoms with Crippen molar-refractivity contribution in [2.24, 2.45) is 5.10 Å². The zero-order valence-electron chi connectivity index (χ0n) is 12.4. The number of benzene rings is 2. The van der Waals surface area contributed by atoms with E-state index in [9.17, 15) is 5.11 Å². The van der Waals surface area contributed by atoms with Crippen molar-refractivity contribution in [2.45, 2.75) is 0 Å². The van der Waals surface area contributed by atoms with E-state index in [2.05, 4.69) is 10.1 Å². The zero-order chi connectivity index (χ0) is 16.2. The highest BCUT2D eigenvalue weighted by molar-refractivity contribution is 7.71. The Labute approximate surface area is 138 Å². The molecule has 23 heavy (non-hydrogen) atoms. The number of rotatable bonds is 4. The van der Waals surface area contributed by atoms with Crippen molar-refractivity contribution in [2.75, 3.05) is 7.11 Å². The second-order valence-corrected chi connectivity index (χ2v) is 5.25. The topological polar surface area (TPSA) is 62.5 Å². The van der Waals surface area contributed by atoms with Gasteiger partial charge in [0.1, 0.15) is 0 Å². The summed E-state index contributed by atoms with van der Waals surface area (Å²) >= 11 is 5.28. The number of hydrogen-bond acceptors (Lipinski definition) is 4. The Morgan fingerprint density at radius 2 is 2.00 bits per heavy atom. The first-order valence-corrected chi connectivity index (χ1v) is 7.36. The van der Waals surface area contributed by atoms with Gasteiger partial charge < -0.3 is 14.8 Å². The molecule has 3 aromatic rings. The third kappa shape index (κ3) is 3.32. The Hall–Kier alpha value is -2.86. The minimum atomic E-state index is 0.0686. The average molecular weight is 325 g/mol. The van der Waals surface area contributed by atoms with Gasteiger partial charge >= 0.3 is 0 Å². The van der Waals surface area contributed by atoms with Crippen LogP contribution >= 0.6 is 12.2 Å². The maximum Gasteiger partial charge on any atom is 0.198 e. The fourth-order valence-corrected chi connectivity index (χ4v) is 2.36. The Kier molecular flexibility index (Phi) is 4.25. The Morgan fingerprint density at radius 1 is 1.22 bits per heavy atom. The van der Waals surface area contributed by atoms with Gasteiger partial charge in [0.15, 0.2) is 16.3 Å². The molecule has 0 aliphatic heterocycles. The van der Waals surface area contributed by atoms with E-state index in [4.69, 9.17) is 17.0 Å². The van der Waals surface area contributed by atoms with Crippen LogP contribution in [0.15, 0.2) is 59.8 Å². The van der Waals surface area contributed by atoms with Crippen molar-refractivity contribution in [3.8, 4) is 22.8 Å². The monoisotopic (exact) mass is 325 g/mol. The summed E-state index contributed by atoms with van der Waals surface area (Å²) < 4.78 is 7.09. The highest BCUT2D eigenvalue weighted by atomic mass is 32.1. The lowest BCUT2D eigenvalue weighted by molar-refractivity contribution is 0.373. The third-order valence-corrected chi connectivity index (χ3v) is 3.61. The number of hydrogen-bond donors (Lipinski definition) is 2. The lowest BCUT2D eigenvalue weighted by Gasteiger charge is -2.02. The first-order valence-electron chi connectivity index (χ1n) is 6.96. The van der Waals surface area contributed by atoms with Gasteiger partial charge in [-0.1, -0.05) is 30.3 Å². The molecule has 0 fully saturated rings. The third-order valence-electron chi connectivity index (χ3n) is 3.32. The maximum atomic E-state index is 9.78. The van der Waals surface area contributed by atoms with Gasteiger partial charge in [0, 0.05) is 0 Å². The van der Waals surface area contributed by atoms with Crippen molar-refractivity contribution in [1.82, 2.24) is 9.66 Å². The van der Waals surface area contributed by atoms with Crippen LogP contribution in [0.5, 0.6) is 11.5 Å². The molecule has 3 rings (SSSR count). The molecular weight excluding hydrogens is 310 g/mol. The number of phenolic OH excluding ortho intramolecular Hbond substituents is 1. The van der Waals surface area contributed by atoms with Gasteiger partial charge in [-0.3, -0.25) is 0 Å². The average Bonchev–Trinajstić information content (AvgIpc) is 2.95. The molecule has 0 saturated heterocycles. The fourth-order valence-electron chi connectivity index (χ4n) is 2.15. The Balaban J connectivity index is 1.87. The minimum absolute atomic E-state index is 0.0686. The normalized spacial score (nSPS) is 11.0. The molecule has 0 atom stereocenters. The second-order valence-electron chi connectivity index (χ2n) is 4.86. The molecule has 116 valence electrons. The number of phenols is 1. The smallest absolute Gasteiger partial charge is 0.198 e. The van der Waals surface area contributed by atoms with E-state index < -0.39 is 0 Å². The molecule has 1 aromatic heterocycles. The van der Waals surface area contributed by atoms with Gasteiger partial charge in [-0.15, -0.1) is 0 Å². The minimum Gasteiger partial charge on any atom is -0.504 e. The first kappa shape index (κ1) is 15.1. The number of imidazole rings is 1. The standard InChI is InChI=1S/C17H15N3O2S/c1-22-16-8-7-12(9-15(16)21)10-18-20-11-14(19-17(20)23)13-5-3-2-4-6-13/h2-11,21H,1H3,(H,19,23)/b18-10+. The lowest BCUT2D eigenvalue weighted by Crippen LogP contribution is -1.90. The predicted molar refractivity (Wildman–Crippen MR) is 92.7 cm³/mol. The second kappa shape index (κ2) is 6.50. The predicted octanol–water partition coefficient (Wildman–Crippen LogP) is 3.81. The largest absolute Gasteiger partial charge is 0.504 e. The van der Waals surface area contributed by atoms with Gasteiger partial charge in [-0.25, -0.2) is 4.68 Å². The van der Waals surface area contributed by atoms with Crippen molar-refractivity contribution < 1.29 is 9.84 Å². The summed E-state index contributed by atoms with van der Waals surface area (Å²) in [6.07, 6.45) is 3.45. The van der Waals surface area contributed by atoms with Gasteiger partial charge in [-0.2, -0.15) is 5.10 Å². The van der Waals surface area contributed by atoms with Gasteiger partial charge in [0.05, 0.1) is 25.2 Å². The van der Waals surface area contributed by atoms with Crippen molar-refractivity contribution in [1.29, 1.82) is 0 Å². The molecule has 0 radical (unpaired) electrons. The molecule has 0 bridgehead atoms. The maximum absolute atomic E-state index is 9.78.